The predicted molar refractivity (Wildman–Crippen MR) is 243 cm³/mol. The Morgan fingerprint density at radius 2 is 1.11 bits per heavy atom. The van der Waals surface area contributed by atoms with Gasteiger partial charge < -0.3 is 5.73 Å². The standard InChI is InChI=1S/C55H42N2/c1-55(2)51-35-42(28-30-48(51)50-31-27-40-16-7-9-20-45(40)53(50)55)44-32-33-49(47-22-11-10-21-46(44)47)52(34-29-39-18-12-17-38-15-6-8-19-43(38)39)57-54(56)41-25-23-37(24-26-41)36-13-4-3-5-14-36/h3-28,30-35H,29H2,1-2H3,(H2,56,57)/b52-34-. The SMILES string of the molecule is CC1(C)c2cc(-c3ccc(/C(=C/Cc4cccc5ccccc45)N=C(N)c4ccc(-c5ccccc5)cc4)c4ccccc34)ccc2-c2ccc3ccccc3c21. The molecule has 0 spiro atoms. The van der Waals surface area contributed by atoms with Crippen LogP contribution in [0.1, 0.15) is 41.7 Å². The van der Waals surface area contributed by atoms with E-state index in [0.717, 1.165) is 27.8 Å². The average molecular weight is 731 g/mol. The lowest BCUT2D eigenvalue weighted by molar-refractivity contribution is 0.666. The van der Waals surface area contributed by atoms with Crippen LogP contribution in [0.5, 0.6) is 0 Å². The van der Waals surface area contributed by atoms with E-state index in [0.29, 0.717) is 12.3 Å². The van der Waals surface area contributed by atoms with Gasteiger partial charge in [0.05, 0.1) is 5.70 Å². The van der Waals surface area contributed by atoms with Crippen molar-refractivity contribution in [3.63, 3.8) is 0 Å². The summed E-state index contributed by atoms with van der Waals surface area (Å²) in [6.07, 6.45) is 2.96. The fraction of sp³-hybridized carbons (Fsp3) is 0.0727. The number of aliphatic imine (C=N–C) groups is 1. The van der Waals surface area contributed by atoms with E-state index in [1.807, 2.05) is 6.07 Å². The van der Waals surface area contributed by atoms with Gasteiger partial charge >= 0.3 is 0 Å². The van der Waals surface area contributed by atoms with Gasteiger partial charge in [0.1, 0.15) is 5.84 Å². The topological polar surface area (TPSA) is 38.4 Å². The molecule has 0 atom stereocenters. The van der Waals surface area contributed by atoms with Gasteiger partial charge in [-0.05, 0) is 94.9 Å². The van der Waals surface area contributed by atoms with Crippen LogP contribution < -0.4 is 5.73 Å². The zero-order chi connectivity index (χ0) is 38.5. The molecule has 1 aliphatic carbocycles. The molecule has 2 nitrogen and oxygen atoms in total. The number of benzene rings is 9. The molecule has 2 heteroatoms. The van der Waals surface area contributed by atoms with Crippen molar-refractivity contribution < 1.29 is 0 Å². The molecule has 0 unspecified atom stereocenters. The van der Waals surface area contributed by atoms with Crippen LogP contribution in [0.3, 0.4) is 0 Å². The molecule has 0 fully saturated rings. The Morgan fingerprint density at radius 1 is 0.509 bits per heavy atom. The lowest BCUT2D eigenvalue weighted by atomic mass is 9.79. The molecule has 0 aliphatic heterocycles. The third-order valence-corrected chi connectivity index (χ3v) is 12.0. The van der Waals surface area contributed by atoms with E-state index in [1.165, 1.54) is 71.4 Å². The summed E-state index contributed by atoms with van der Waals surface area (Å²) in [7, 11) is 0. The molecule has 0 aromatic heterocycles. The van der Waals surface area contributed by atoms with Crippen LogP contribution in [0.15, 0.2) is 199 Å². The van der Waals surface area contributed by atoms with Crippen molar-refractivity contribution in [2.75, 3.05) is 0 Å². The minimum atomic E-state index is -0.139. The van der Waals surface area contributed by atoms with Gasteiger partial charge in [0, 0.05) is 16.5 Å². The second-order valence-electron chi connectivity index (χ2n) is 15.7. The fourth-order valence-electron chi connectivity index (χ4n) is 9.09. The monoisotopic (exact) mass is 730 g/mol. The Balaban J connectivity index is 1.08. The van der Waals surface area contributed by atoms with Crippen LogP contribution in [0.2, 0.25) is 0 Å². The molecule has 57 heavy (non-hydrogen) atoms. The lowest BCUT2D eigenvalue weighted by Gasteiger charge is -2.24. The molecule has 9 aromatic rings. The van der Waals surface area contributed by atoms with Crippen molar-refractivity contribution >= 4 is 43.9 Å². The minimum absolute atomic E-state index is 0.139. The summed E-state index contributed by atoms with van der Waals surface area (Å²) in [5.74, 6) is 0.486. The third-order valence-electron chi connectivity index (χ3n) is 12.0. The molecular formula is C55H42N2. The second kappa shape index (κ2) is 13.9. The number of allylic oxidation sites excluding steroid dienone is 1. The van der Waals surface area contributed by atoms with E-state index in [4.69, 9.17) is 10.7 Å². The summed E-state index contributed by atoms with van der Waals surface area (Å²) in [6.45, 7) is 4.75. The highest BCUT2D eigenvalue weighted by molar-refractivity contribution is 6.07. The highest BCUT2D eigenvalue weighted by Crippen LogP contribution is 2.52. The summed E-state index contributed by atoms with van der Waals surface area (Å²) in [6, 6.07) is 67.6. The summed E-state index contributed by atoms with van der Waals surface area (Å²) < 4.78 is 0. The molecule has 0 bridgehead atoms. The normalized spacial score (nSPS) is 13.6. The van der Waals surface area contributed by atoms with E-state index in [-0.39, 0.29) is 5.41 Å². The zero-order valence-corrected chi connectivity index (χ0v) is 32.2. The number of nitrogens with zero attached hydrogens (tertiary/aromatic N) is 1. The molecule has 272 valence electrons. The van der Waals surface area contributed by atoms with Crippen molar-refractivity contribution in [2.24, 2.45) is 10.7 Å². The molecule has 1 aliphatic rings. The maximum atomic E-state index is 6.90. The molecule has 0 heterocycles. The highest BCUT2D eigenvalue weighted by atomic mass is 14.9. The van der Waals surface area contributed by atoms with E-state index in [2.05, 4.69) is 202 Å². The van der Waals surface area contributed by atoms with Crippen LogP contribution in [-0.4, -0.2) is 5.84 Å². The molecule has 0 saturated carbocycles. The Labute approximate surface area is 334 Å². The van der Waals surface area contributed by atoms with Crippen molar-refractivity contribution in [1.82, 2.24) is 0 Å². The van der Waals surface area contributed by atoms with Gasteiger partial charge in [0.2, 0.25) is 0 Å². The third kappa shape index (κ3) is 6.02. The number of nitrogens with two attached hydrogens (primary N) is 1. The number of amidine groups is 1. The maximum absolute atomic E-state index is 6.90. The average Bonchev–Trinajstić information content (AvgIpc) is 3.50. The van der Waals surface area contributed by atoms with Crippen molar-refractivity contribution in [2.45, 2.75) is 25.7 Å². The fourth-order valence-corrected chi connectivity index (χ4v) is 9.09. The first-order chi connectivity index (χ1) is 27.9. The van der Waals surface area contributed by atoms with Crippen LogP contribution in [0, 0.1) is 0 Å². The number of hydrogen-bond acceptors (Lipinski definition) is 1. The molecule has 10 rings (SSSR count). The Morgan fingerprint density at radius 3 is 1.89 bits per heavy atom. The van der Waals surface area contributed by atoms with Crippen LogP contribution >= 0.6 is 0 Å². The quantitative estimate of drug-likeness (QED) is 0.129. The summed E-state index contributed by atoms with van der Waals surface area (Å²) in [5.41, 5.74) is 21.0. The summed E-state index contributed by atoms with van der Waals surface area (Å²) in [5, 5.41) is 7.43. The largest absolute Gasteiger partial charge is 0.383 e. The number of rotatable bonds is 7. The first kappa shape index (κ1) is 34.5. The number of hydrogen-bond donors (Lipinski definition) is 1. The number of fused-ring (bicyclic) bond motifs is 7. The van der Waals surface area contributed by atoms with Gasteiger partial charge in [-0.25, -0.2) is 4.99 Å². The predicted octanol–water partition coefficient (Wildman–Crippen LogP) is 13.8. The Hall–Kier alpha value is -7.03. The van der Waals surface area contributed by atoms with E-state index in [1.54, 1.807) is 0 Å². The molecule has 0 radical (unpaired) electrons. The van der Waals surface area contributed by atoms with Gasteiger partial charge in [-0.2, -0.15) is 0 Å². The maximum Gasteiger partial charge on any atom is 0.131 e. The van der Waals surface area contributed by atoms with Crippen molar-refractivity contribution in [3.05, 3.63) is 222 Å². The van der Waals surface area contributed by atoms with E-state index < -0.39 is 0 Å². The van der Waals surface area contributed by atoms with E-state index in [9.17, 15) is 0 Å². The second-order valence-corrected chi connectivity index (χ2v) is 15.7. The molecular weight excluding hydrogens is 689 g/mol. The van der Waals surface area contributed by atoms with Crippen LogP contribution in [-0.2, 0) is 11.8 Å². The Bertz CT molecular complexity index is 3050. The van der Waals surface area contributed by atoms with Gasteiger partial charge in [-0.1, -0.05) is 202 Å². The van der Waals surface area contributed by atoms with Crippen molar-refractivity contribution in [3.8, 4) is 33.4 Å². The Kier molecular flexibility index (Phi) is 8.42. The molecule has 9 aromatic carbocycles. The first-order valence-corrected chi connectivity index (χ1v) is 19.8. The van der Waals surface area contributed by atoms with Gasteiger partial charge in [-0.3, -0.25) is 0 Å². The van der Waals surface area contributed by atoms with Crippen LogP contribution in [0.4, 0.5) is 0 Å². The van der Waals surface area contributed by atoms with E-state index >= 15 is 0 Å². The summed E-state index contributed by atoms with van der Waals surface area (Å²) in [4.78, 5) is 5.24. The molecule has 0 amide bonds. The van der Waals surface area contributed by atoms with Gasteiger partial charge in [0.25, 0.3) is 0 Å². The van der Waals surface area contributed by atoms with Crippen LogP contribution in [0.25, 0.3) is 71.4 Å². The van der Waals surface area contributed by atoms with Crippen molar-refractivity contribution in [1.29, 1.82) is 0 Å². The van der Waals surface area contributed by atoms with Gasteiger partial charge in [-0.15, -0.1) is 0 Å². The molecule has 0 saturated heterocycles. The lowest BCUT2D eigenvalue weighted by Crippen LogP contribution is -2.15. The van der Waals surface area contributed by atoms with Gasteiger partial charge in [0.15, 0.2) is 0 Å². The minimum Gasteiger partial charge on any atom is -0.383 e. The highest BCUT2D eigenvalue weighted by Gasteiger charge is 2.37. The molecule has 2 N–H and O–H groups in total. The zero-order valence-electron chi connectivity index (χ0n) is 32.2. The smallest absolute Gasteiger partial charge is 0.131 e. The summed E-state index contributed by atoms with van der Waals surface area (Å²) >= 11 is 0. The first-order valence-electron chi connectivity index (χ1n) is 19.8.